The van der Waals surface area contributed by atoms with Crippen LogP contribution in [0.25, 0.3) is 0 Å². The van der Waals surface area contributed by atoms with Gasteiger partial charge in [0.25, 0.3) is 0 Å². The summed E-state index contributed by atoms with van der Waals surface area (Å²) in [5.41, 5.74) is 1.11. The molecule has 0 bridgehead atoms. The summed E-state index contributed by atoms with van der Waals surface area (Å²) in [6.07, 6.45) is 3.22. The van der Waals surface area contributed by atoms with Gasteiger partial charge in [0.1, 0.15) is 12.7 Å². The highest BCUT2D eigenvalue weighted by molar-refractivity contribution is 4.96. The number of rotatable bonds is 5. The minimum absolute atomic E-state index is 0.743. The maximum atomic E-state index is 3.98. The number of aromatic nitrogens is 3. The molecule has 1 aromatic rings. The Morgan fingerprint density at radius 2 is 2.50 bits per heavy atom. The molecule has 1 rings (SSSR count). The molecule has 0 amide bonds. The SMILES string of the molecule is C=C(CNCC)Cn1cncn1. The lowest BCUT2D eigenvalue weighted by molar-refractivity contribution is 0.643. The van der Waals surface area contributed by atoms with Crippen LogP contribution < -0.4 is 5.32 Å². The second-order valence-electron chi connectivity index (χ2n) is 2.62. The van der Waals surface area contributed by atoms with Crippen molar-refractivity contribution in [2.45, 2.75) is 13.5 Å². The minimum atomic E-state index is 0.743. The van der Waals surface area contributed by atoms with E-state index in [0.29, 0.717) is 0 Å². The molecule has 1 aromatic heterocycles. The predicted molar refractivity (Wildman–Crippen MR) is 47.7 cm³/mol. The van der Waals surface area contributed by atoms with Crippen LogP contribution in [0.5, 0.6) is 0 Å². The van der Waals surface area contributed by atoms with Crippen molar-refractivity contribution in [1.82, 2.24) is 20.1 Å². The molecule has 0 aliphatic heterocycles. The smallest absolute Gasteiger partial charge is 0.137 e. The van der Waals surface area contributed by atoms with Crippen LogP contribution in [-0.4, -0.2) is 27.9 Å². The van der Waals surface area contributed by atoms with E-state index in [-0.39, 0.29) is 0 Å². The van der Waals surface area contributed by atoms with Gasteiger partial charge in [0.2, 0.25) is 0 Å². The van der Waals surface area contributed by atoms with Gasteiger partial charge >= 0.3 is 0 Å². The van der Waals surface area contributed by atoms with Gasteiger partial charge in [-0.3, -0.25) is 0 Å². The summed E-state index contributed by atoms with van der Waals surface area (Å²) in [7, 11) is 0. The van der Waals surface area contributed by atoms with Crippen LogP contribution in [0.1, 0.15) is 6.92 Å². The lowest BCUT2D eigenvalue weighted by Crippen LogP contribution is -2.18. The van der Waals surface area contributed by atoms with Crippen molar-refractivity contribution < 1.29 is 0 Å². The first-order chi connectivity index (χ1) is 5.83. The number of nitrogens with one attached hydrogen (secondary N) is 1. The molecule has 4 nitrogen and oxygen atoms in total. The number of hydrogen-bond acceptors (Lipinski definition) is 3. The van der Waals surface area contributed by atoms with Crippen molar-refractivity contribution in [3.05, 3.63) is 24.8 Å². The van der Waals surface area contributed by atoms with E-state index in [9.17, 15) is 0 Å². The van der Waals surface area contributed by atoms with Gasteiger partial charge in [0, 0.05) is 6.54 Å². The van der Waals surface area contributed by atoms with Crippen molar-refractivity contribution in [1.29, 1.82) is 0 Å². The zero-order chi connectivity index (χ0) is 8.81. The lowest BCUT2D eigenvalue weighted by atomic mass is 10.3. The second kappa shape index (κ2) is 4.66. The Kier molecular flexibility index (Phi) is 3.47. The fraction of sp³-hybridized carbons (Fsp3) is 0.500. The molecule has 0 aromatic carbocycles. The Hall–Kier alpha value is -1.16. The van der Waals surface area contributed by atoms with Crippen LogP contribution in [-0.2, 0) is 6.54 Å². The maximum Gasteiger partial charge on any atom is 0.137 e. The van der Waals surface area contributed by atoms with Crippen LogP contribution in [0.4, 0.5) is 0 Å². The first-order valence-corrected chi connectivity index (χ1v) is 4.02. The zero-order valence-corrected chi connectivity index (χ0v) is 7.32. The predicted octanol–water partition coefficient (Wildman–Crippen LogP) is 0.444. The monoisotopic (exact) mass is 166 g/mol. The summed E-state index contributed by atoms with van der Waals surface area (Å²) in [6.45, 7) is 8.54. The second-order valence-corrected chi connectivity index (χ2v) is 2.62. The van der Waals surface area contributed by atoms with E-state index in [0.717, 1.165) is 25.2 Å². The van der Waals surface area contributed by atoms with Crippen LogP contribution in [0.3, 0.4) is 0 Å². The molecule has 0 unspecified atom stereocenters. The molecule has 0 saturated heterocycles. The zero-order valence-electron chi connectivity index (χ0n) is 7.32. The Morgan fingerprint density at radius 1 is 1.67 bits per heavy atom. The van der Waals surface area contributed by atoms with E-state index in [1.54, 1.807) is 11.0 Å². The lowest BCUT2D eigenvalue weighted by Gasteiger charge is -2.04. The van der Waals surface area contributed by atoms with Crippen molar-refractivity contribution >= 4 is 0 Å². The van der Waals surface area contributed by atoms with Crippen molar-refractivity contribution in [3.63, 3.8) is 0 Å². The fourth-order valence-corrected chi connectivity index (χ4v) is 0.901. The summed E-state index contributed by atoms with van der Waals surface area (Å²) in [6, 6.07) is 0. The van der Waals surface area contributed by atoms with Gasteiger partial charge in [-0.05, 0) is 12.1 Å². The Labute approximate surface area is 72.3 Å². The molecular weight excluding hydrogens is 152 g/mol. The van der Waals surface area contributed by atoms with Gasteiger partial charge in [-0.25, -0.2) is 9.67 Å². The van der Waals surface area contributed by atoms with E-state index in [1.807, 2.05) is 0 Å². The summed E-state index contributed by atoms with van der Waals surface area (Å²) < 4.78 is 1.76. The van der Waals surface area contributed by atoms with Crippen LogP contribution in [0.15, 0.2) is 24.8 Å². The Morgan fingerprint density at radius 3 is 3.08 bits per heavy atom. The number of likely N-dealkylation sites (N-methyl/N-ethyl adjacent to an activating group) is 1. The standard InChI is InChI=1S/C8H14N4/c1-3-9-4-8(2)5-12-7-10-6-11-12/h6-7,9H,2-5H2,1H3. The Balaban J connectivity index is 2.27. The molecule has 12 heavy (non-hydrogen) atoms. The molecule has 0 atom stereocenters. The van der Waals surface area contributed by atoms with E-state index in [1.165, 1.54) is 6.33 Å². The van der Waals surface area contributed by atoms with E-state index < -0.39 is 0 Å². The molecule has 0 radical (unpaired) electrons. The Bertz CT molecular complexity index is 227. The maximum absolute atomic E-state index is 3.98. The van der Waals surface area contributed by atoms with E-state index in [4.69, 9.17) is 0 Å². The van der Waals surface area contributed by atoms with Gasteiger partial charge < -0.3 is 5.32 Å². The van der Waals surface area contributed by atoms with Crippen molar-refractivity contribution in [2.75, 3.05) is 13.1 Å². The molecule has 0 spiro atoms. The van der Waals surface area contributed by atoms with Crippen molar-refractivity contribution in [2.24, 2.45) is 0 Å². The first kappa shape index (κ1) is 8.93. The van der Waals surface area contributed by atoms with Gasteiger partial charge in [-0.15, -0.1) is 0 Å². The highest BCUT2D eigenvalue weighted by atomic mass is 15.3. The van der Waals surface area contributed by atoms with Gasteiger partial charge in [0.05, 0.1) is 6.54 Å². The average molecular weight is 166 g/mol. The van der Waals surface area contributed by atoms with Crippen LogP contribution in [0.2, 0.25) is 0 Å². The topological polar surface area (TPSA) is 42.7 Å². The third-order valence-electron chi connectivity index (χ3n) is 1.48. The quantitative estimate of drug-likeness (QED) is 0.645. The molecule has 1 N–H and O–H groups in total. The fourth-order valence-electron chi connectivity index (χ4n) is 0.901. The van der Waals surface area contributed by atoms with Crippen molar-refractivity contribution in [3.8, 4) is 0 Å². The molecular formula is C8H14N4. The van der Waals surface area contributed by atoms with E-state index in [2.05, 4.69) is 28.9 Å². The van der Waals surface area contributed by atoms with Crippen LogP contribution in [0, 0.1) is 0 Å². The summed E-state index contributed by atoms with van der Waals surface area (Å²) in [5, 5.41) is 7.18. The largest absolute Gasteiger partial charge is 0.313 e. The molecule has 0 saturated carbocycles. The molecule has 1 heterocycles. The molecule has 66 valence electrons. The third kappa shape index (κ3) is 2.84. The van der Waals surface area contributed by atoms with Gasteiger partial charge in [0.15, 0.2) is 0 Å². The molecule has 0 aliphatic carbocycles. The average Bonchev–Trinajstić information content (AvgIpc) is 2.53. The first-order valence-electron chi connectivity index (χ1n) is 4.02. The number of hydrogen-bond donors (Lipinski definition) is 1. The van der Waals surface area contributed by atoms with E-state index >= 15 is 0 Å². The minimum Gasteiger partial charge on any atom is -0.313 e. The summed E-state index contributed by atoms with van der Waals surface area (Å²) in [5.74, 6) is 0. The third-order valence-corrected chi connectivity index (χ3v) is 1.48. The summed E-state index contributed by atoms with van der Waals surface area (Å²) in [4.78, 5) is 3.85. The van der Waals surface area contributed by atoms with Crippen LogP contribution >= 0.6 is 0 Å². The normalized spacial score (nSPS) is 10.1. The van der Waals surface area contributed by atoms with Gasteiger partial charge in [-0.1, -0.05) is 13.5 Å². The highest BCUT2D eigenvalue weighted by Crippen LogP contribution is 1.92. The summed E-state index contributed by atoms with van der Waals surface area (Å²) >= 11 is 0. The molecule has 0 fully saturated rings. The molecule has 4 heteroatoms. The molecule has 0 aliphatic rings. The van der Waals surface area contributed by atoms with Gasteiger partial charge in [-0.2, -0.15) is 5.10 Å². The number of nitrogens with zero attached hydrogens (tertiary/aromatic N) is 3. The highest BCUT2D eigenvalue weighted by Gasteiger charge is 1.94.